The molecule has 0 aliphatic carbocycles. The highest BCUT2D eigenvalue weighted by atomic mass is 35.5. The molecule has 0 unspecified atom stereocenters. The molecule has 0 spiro atoms. The van der Waals surface area contributed by atoms with Crippen molar-refractivity contribution < 1.29 is 17.6 Å². The predicted molar refractivity (Wildman–Crippen MR) is 72.0 cm³/mol. The van der Waals surface area contributed by atoms with Gasteiger partial charge in [-0.1, -0.05) is 29.8 Å². The van der Waals surface area contributed by atoms with E-state index in [1.165, 1.54) is 18.4 Å². The second-order valence-electron chi connectivity index (χ2n) is 4.02. The number of sulfone groups is 1. The highest BCUT2D eigenvalue weighted by Gasteiger charge is 2.21. The zero-order valence-electron chi connectivity index (χ0n) is 9.87. The summed E-state index contributed by atoms with van der Waals surface area (Å²) in [6, 6.07) is 9.62. The standard InChI is InChI=1S/C13H11ClO4S/c14-11-5-2-1-4-10(11)8-19(16,17)9-12(15)13-6-3-7-18-13/h1-7H,8-9H2. The van der Waals surface area contributed by atoms with Gasteiger partial charge in [0.05, 0.1) is 12.0 Å². The third kappa shape index (κ3) is 3.68. The number of rotatable bonds is 5. The first-order valence-corrected chi connectivity index (χ1v) is 7.68. The van der Waals surface area contributed by atoms with Crippen molar-refractivity contribution in [1.82, 2.24) is 0 Å². The molecule has 4 nitrogen and oxygen atoms in total. The van der Waals surface area contributed by atoms with E-state index in [0.717, 1.165) is 0 Å². The van der Waals surface area contributed by atoms with E-state index < -0.39 is 21.4 Å². The molecule has 2 rings (SSSR count). The molecule has 0 N–H and O–H groups in total. The lowest BCUT2D eigenvalue weighted by molar-refractivity contribution is 0.0990. The molecule has 0 radical (unpaired) electrons. The summed E-state index contributed by atoms with van der Waals surface area (Å²) in [4.78, 5) is 11.7. The van der Waals surface area contributed by atoms with Crippen molar-refractivity contribution in [2.24, 2.45) is 0 Å². The Morgan fingerprint density at radius 3 is 2.53 bits per heavy atom. The van der Waals surface area contributed by atoms with Crippen molar-refractivity contribution in [3.05, 3.63) is 59.0 Å². The third-order valence-electron chi connectivity index (χ3n) is 2.48. The van der Waals surface area contributed by atoms with E-state index in [0.29, 0.717) is 10.6 Å². The van der Waals surface area contributed by atoms with Gasteiger partial charge in [-0.25, -0.2) is 8.42 Å². The van der Waals surface area contributed by atoms with Crippen molar-refractivity contribution in [3.63, 3.8) is 0 Å². The van der Waals surface area contributed by atoms with E-state index in [4.69, 9.17) is 16.0 Å². The fourth-order valence-electron chi connectivity index (χ4n) is 1.61. The number of Topliss-reactive ketones (excluding diaryl/α,β-unsaturated/α-hetero) is 1. The van der Waals surface area contributed by atoms with Crippen LogP contribution in [0.4, 0.5) is 0 Å². The lowest BCUT2D eigenvalue weighted by Gasteiger charge is -2.04. The Hall–Kier alpha value is -1.59. The minimum absolute atomic E-state index is 0.0442. The average Bonchev–Trinajstić information content (AvgIpc) is 2.85. The van der Waals surface area contributed by atoms with Crippen LogP contribution in [0.1, 0.15) is 16.1 Å². The number of halogens is 1. The maximum atomic E-state index is 11.9. The van der Waals surface area contributed by atoms with Gasteiger partial charge in [0.1, 0.15) is 5.75 Å². The zero-order chi connectivity index (χ0) is 13.9. The number of ketones is 1. The van der Waals surface area contributed by atoms with Gasteiger partial charge in [0, 0.05) is 5.02 Å². The van der Waals surface area contributed by atoms with E-state index >= 15 is 0 Å². The first kappa shape index (κ1) is 13.8. The molecule has 6 heteroatoms. The summed E-state index contributed by atoms with van der Waals surface area (Å²) >= 11 is 5.90. The van der Waals surface area contributed by atoms with Gasteiger partial charge in [-0.05, 0) is 23.8 Å². The van der Waals surface area contributed by atoms with Crippen LogP contribution in [0.3, 0.4) is 0 Å². The van der Waals surface area contributed by atoms with Gasteiger partial charge in [-0.3, -0.25) is 4.79 Å². The number of carbonyl (C=O) groups is 1. The molecule has 0 atom stereocenters. The van der Waals surface area contributed by atoms with Gasteiger partial charge in [0.25, 0.3) is 0 Å². The van der Waals surface area contributed by atoms with Crippen LogP contribution < -0.4 is 0 Å². The minimum atomic E-state index is -3.58. The summed E-state index contributed by atoms with van der Waals surface area (Å²) in [5, 5.41) is 0.372. The average molecular weight is 299 g/mol. The Balaban J connectivity index is 2.12. The summed E-state index contributed by atoms with van der Waals surface area (Å²) < 4.78 is 28.7. The first-order valence-electron chi connectivity index (χ1n) is 5.48. The number of hydrogen-bond acceptors (Lipinski definition) is 4. The minimum Gasteiger partial charge on any atom is -0.461 e. The zero-order valence-corrected chi connectivity index (χ0v) is 11.4. The molecule has 0 saturated carbocycles. The lowest BCUT2D eigenvalue weighted by Crippen LogP contribution is -2.17. The molecular formula is C13H11ClO4S. The molecule has 0 amide bonds. The molecule has 2 aromatic rings. The van der Waals surface area contributed by atoms with Crippen LogP contribution >= 0.6 is 11.6 Å². The summed E-state index contributed by atoms with van der Waals surface area (Å²) in [5.41, 5.74) is 0.483. The number of hydrogen-bond donors (Lipinski definition) is 0. The SMILES string of the molecule is O=C(CS(=O)(=O)Cc1ccccc1Cl)c1ccco1. The van der Waals surface area contributed by atoms with Gasteiger partial charge in [0.15, 0.2) is 15.6 Å². The van der Waals surface area contributed by atoms with Crippen LogP contribution in [0, 0.1) is 0 Å². The van der Waals surface area contributed by atoms with E-state index in [1.807, 2.05) is 0 Å². The summed E-state index contributed by atoms with van der Waals surface area (Å²) in [5.74, 6) is -1.37. The topological polar surface area (TPSA) is 64.3 Å². The summed E-state index contributed by atoms with van der Waals surface area (Å²) in [7, 11) is -3.58. The van der Waals surface area contributed by atoms with Gasteiger partial charge >= 0.3 is 0 Å². The van der Waals surface area contributed by atoms with Gasteiger partial charge < -0.3 is 4.42 Å². The molecule has 0 bridgehead atoms. The molecule has 0 aliphatic rings. The van der Waals surface area contributed by atoms with Crippen LogP contribution in [-0.2, 0) is 15.6 Å². The van der Waals surface area contributed by atoms with Crippen LogP contribution in [0.2, 0.25) is 5.02 Å². The fraction of sp³-hybridized carbons (Fsp3) is 0.154. The number of furan rings is 1. The van der Waals surface area contributed by atoms with Crippen LogP contribution in [-0.4, -0.2) is 20.0 Å². The highest BCUT2D eigenvalue weighted by Crippen LogP contribution is 2.18. The molecule has 1 heterocycles. The monoisotopic (exact) mass is 298 g/mol. The maximum absolute atomic E-state index is 11.9. The number of carbonyl (C=O) groups excluding carboxylic acids is 1. The smallest absolute Gasteiger partial charge is 0.212 e. The van der Waals surface area contributed by atoms with E-state index in [2.05, 4.69) is 0 Å². The van der Waals surface area contributed by atoms with Crippen molar-refractivity contribution in [1.29, 1.82) is 0 Å². The first-order chi connectivity index (χ1) is 8.98. The van der Waals surface area contributed by atoms with Crippen molar-refractivity contribution in [2.45, 2.75) is 5.75 Å². The predicted octanol–water partition coefficient (Wildman–Crippen LogP) is 2.73. The summed E-state index contributed by atoms with van der Waals surface area (Å²) in [6.07, 6.45) is 1.33. The van der Waals surface area contributed by atoms with E-state index in [-0.39, 0.29) is 11.5 Å². The molecule has 1 aromatic heterocycles. The normalized spacial score (nSPS) is 11.4. The second kappa shape index (κ2) is 5.59. The molecule has 0 saturated heterocycles. The van der Waals surface area contributed by atoms with Crippen molar-refractivity contribution >= 4 is 27.2 Å². The van der Waals surface area contributed by atoms with Crippen LogP contribution in [0.25, 0.3) is 0 Å². The van der Waals surface area contributed by atoms with E-state index in [9.17, 15) is 13.2 Å². The maximum Gasteiger partial charge on any atom is 0.212 e. The fourth-order valence-corrected chi connectivity index (χ4v) is 3.26. The number of benzene rings is 1. The second-order valence-corrected chi connectivity index (χ2v) is 6.50. The van der Waals surface area contributed by atoms with Crippen molar-refractivity contribution in [3.8, 4) is 0 Å². The molecule has 0 fully saturated rings. The third-order valence-corrected chi connectivity index (χ3v) is 4.30. The van der Waals surface area contributed by atoms with E-state index in [1.54, 1.807) is 24.3 Å². The van der Waals surface area contributed by atoms with Crippen LogP contribution in [0.15, 0.2) is 47.1 Å². The Kier molecular flexibility index (Phi) is 4.07. The largest absolute Gasteiger partial charge is 0.461 e. The molecule has 0 aliphatic heterocycles. The van der Waals surface area contributed by atoms with Crippen LogP contribution in [0.5, 0.6) is 0 Å². The molecular weight excluding hydrogens is 288 g/mol. The van der Waals surface area contributed by atoms with Gasteiger partial charge in [-0.15, -0.1) is 0 Å². The van der Waals surface area contributed by atoms with Gasteiger partial charge in [-0.2, -0.15) is 0 Å². The Labute approximate surface area is 115 Å². The summed E-state index contributed by atoms with van der Waals surface area (Å²) in [6.45, 7) is 0. The quantitative estimate of drug-likeness (QED) is 0.796. The van der Waals surface area contributed by atoms with Crippen molar-refractivity contribution in [2.75, 3.05) is 5.75 Å². The Morgan fingerprint density at radius 1 is 1.16 bits per heavy atom. The van der Waals surface area contributed by atoms with Gasteiger partial charge in [0.2, 0.25) is 5.78 Å². The Morgan fingerprint density at radius 2 is 1.89 bits per heavy atom. The molecule has 100 valence electrons. The molecule has 1 aromatic carbocycles. The lowest BCUT2D eigenvalue weighted by atomic mass is 10.2. The molecule has 19 heavy (non-hydrogen) atoms. The highest BCUT2D eigenvalue weighted by molar-refractivity contribution is 7.91. The Bertz CT molecular complexity index is 674.